The van der Waals surface area contributed by atoms with Gasteiger partial charge in [-0.15, -0.1) is 0 Å². The monoisotopic (exact) mass is 193 g/mol. The van der Waals surface area contributed by atoms with Crippen molar-refractivity contribution in [3.8, 4) is 0 Å². The predicted octanol–water partition coefficient (Wildman–Crippen LogP) is 1.58. The minimum absolute atomic E-state index is 0.112. The predicted molar refractivity (Wildman–Crippen MR) is 53.4 cm³/mol. The van der Waals surface area contributed by atoms with E-state index in [0.29, 0.717) is 6.79 Å². The molecule has 0 saturated carbocycles. The summed E-state index contributed by atoms with van der Waals surface area (Å²) in [6.07, 6.45) is 0.828. The Hall–Kier alpha value is -0.900. The lowest BCUT2D eigenvalue weighted by atomic mass is 9.95. The third kappa shape index (κ3) is 1.34. The molecule has 0 aromatic heterocycles. The first-order valence-electron chi connectivity index (χ1n) is 4.88. The standard InChI is InChI=1S/C11H15NO2/c1-2-10(12)11(13-8-14-11)9-6-4-3-5-7-9/h3-7,10H,2,8,12H2,1H3. The first-order chi connectivity index (χ1) is 6.79. The van der Waals surface area contributed by atoms with E-state index in [2.05, 4.69) is 0 Å². The minimum Gasteiger partial charge on any atom is -0.323 e. The average Bonchev–Trinajstić information content (AvgIpc) is 2.17. The van der Waals surface area contributed by atoms with Crippen LogP contribution in [0.3, 0.4) is 0 Å². The molecule has 1 saturated heterocycles. The fourth-order valence-electron chi connectivity index (χ4n) is 1.72. The van der Waals surface area contributed by atoms with Gasteiger partial charge in [-0.25, -0.2) is 0 Å². The molecule has 0 aliphatic carbocycles. The van der Waals surface area contributed by atoms with Gasteiger partial charge in [0.2, 0.25) is 5.79 Å². The summed E-state index contributed by atoms with van der Waals surface area (Å²) in [6, 6.07) is 9.74. The van der Waals surface area contributed by atoms with Gasteiger partial charge in [-0.05, 0) is 6.42 Å². The van der Waals surface area contributed by atoms with Crippen LogP contribution in [-0.2, 0) is 15.3 Å². The highest BCUT2D eigenvalue weighted by Crippen LogP contribution is 2.37. The largest absolute Gasteiger partial charge is 0.323 e. The van der Waals surface area contributed by atoms with Gasteiger partial charge in [0.15, 0.2) is 6.79 Å². The molecule has 1 heterocycles. The maximum absolute atomic E-state index is 6.00. The molecule has 1 aromatic carbocycles. The van der Waals surface area contributed by atoms with E-state index in [0.717, 1.165) is 12.0 Å². The van der Waals surface area contributed by atoms with E-state index >= 15 is 0 Å². The summed E-state index contributed by atoms with van der Waals surface area (Å²) < 4.78 is 11.0. The lowest BCUT2D eigenvalue weighted by Gasteiger charge is -2.45. The Balaban J connectivity index is 2.29. The Kier molecular flexibility index (Phi) is 2.54. The topological polar surface area (TPSA) is 44.5 Å². The highest BCUT2D eigenvalue weighted by Gasteiger charge is 2.46. The molecule has 2 N–H and O–H groups in total. The van der Waals surface area contributed by atoms with Crippen molar-refractivity contribution < 1.29 is 9.47 Å². The van der Waals surface area contributed by atoms with E-state index in [-0.39, 0.29) is 6.04 Å². The molecule has 0 radical (unpaired) electrons. The molecular formula is C11H15NO2. The second-order valence-electron chi connectivity index (χ2n) is 3.45. The first kappa shape index (κ1) is 9.65. The molecule has 1 atom stereocenters. The molecule has 1 aromatic rings. The maximum atomic E-state index is 6.00. The van der Waals surface area contributed by atoms with E-state index < -0.39 is 5.79 Å². The van der Waals surface area contributed by atoms with E-state index in [1.54, 1.807) is 0 Å². The summed E-state index contributed by atoms with van der Waals surface area (Å²) in [7, 11) is 0. The van der Waals surface area contributed by atoms with Crippen molar-refractivity contribution in [2.24, 2.45) is 5.73 Å². The molecule has 76 valence electrons. The fraction of sp³-hybridized carbons (Fsp3) is 0.455. The Labute approximate surface area is 83.8 Å². The second kappa shape index (κ2) is 3.69. The molecule has 0 bridgehead atoms. The molecule has 1 aliphatic heterocycles. The van der Waals surface area contributed by atoms with Crippen LogP contribution in [0.1, 0.15) is 18.9 Å². The van der Waals surface area contributed by atoms with E-state index in [1.807, 2.05) is 37.3 Å². The normalized spacial score (nSPS) is 21.3. The summed E-state index contributed by atoms with van der Waals surface area (Å²) in [4.78, 5) is 0. The molecule has 3 nitrogen and oxygen atoms in total. The van der Waals surface area contributed by atoms with Crippen LogP contribution < -0.4 is 5.73 Å². The number of nitrogens with two attached hydrogens (primary N) is 1. The number of hydrogen-bond acceptors (Lipinski definition) is 3. The van der Waals surface area contributed by atoms with Crippen LogP contribution in [0.2, 0.25) is 0 Å². The zero-order chi connectivity index (χ0) is 10.0. The van der Waals surface area contributed by atoms with Gasteiger partial charge in [0, 0.05) is 5.56 Å². The Morgan fingerprint density at radius 1 is 1.36 bits per heavy atom. The van der Waals surface area contributed by atoms with E-state index in [1.165, 1.54) is 0 Å². The molecular weight excluding hydrogens is 178 g/mol. The van der Waals surface area contributed by atoms with Gasteiger partial charge in [0.05, 0.1) is 6.04 Å². The smallest absolute Gasteiger partial charge is 0.215 e. The van der Waals surface area contributed by atoms with Crippen LogP contribution in [0, 0.1) is 0 Å². The van der Waals surface area contributed by atoms with Crippen molar-refractivity contribution in [2.75, 3.05) is 6.79 Å². The van der Waals surface area contributed by atoms with Crippen LogP contribution in [0.4, 0.5) is 0 Å². The van der Waals surface area contributed by atoms with Crippen molar-refractivity contribution in [1.29, 1.82) is 0 Å². The summed E-state index contributed by atoms with van der Waals surface area (Å²) in [5.41, 5.74) is 7.00. The Bertz CT molecular complexity index is 295. The maximum Gasteiger partial charge on any atom is 0.215 e. The average molecular weight is 193 g/mol. The van der Waals surface area contributed by atoms with Gasteiger partial charge >= 0.3 is 0 Å². The number of hydrogen-bond donors (Lipinski definition) is 1. The van der Waals surface area contributed by atoms with Crippen LogP contribution in [0.15, 0.2) is 30.3 Å². The van der Waals surface area contributed by atoms with Crippen LogP contribution in [0.5, 0.6) is 0 Å². The zero-order valence-electron chi connectivity index (χ0n) is 8.27. The van der Waals surface area contributed by atoms with Crippen molar-refractivity contribution in [1.82, 2.24) is 0 Å². The highest BCUT2D eigenvalue weighted by molar-refractivity contribution is 5.23. The Morgan fingerprint density at radius 2 is 2.00 bits per heavy atom. The van der Waals surface area contributed by atoms with Gasteiger partial charge in [-0.3, -0.25) is 0 Å². The van der Waals surface area contributed by atoms with Crippen molar-refractivity contribution in [3.63, 3.8) is 0 Å². The third-order valence-electron chi connectivity index (χ3n) is 2.65. The molecule has 0 amide bonds. The van der Waals surface area contributed by atoms with E-state index in [9.17, 15) is 0 Å². The highest BCUT2D eigenvalue weighted by atomic mass is 16.9. The molecule has 14 heavy (non-hydrogen) atoms. The SMILES string of the molecule is CCC(N)C1(c2ccccc2)OCO1. The van der Waals surface area contributed by atoms with Gasteiger partial charge in [0.1, 0.15) is 0 Å². The number of benzene rings is 1. The molecule has 1 aliphatic rings. The summed E-state index contributed by atoms with van der Waals surface area (Å²) >= 11 is 0. The van der Waals surface area contributed by atoms with Crippen LogP contribution in [-0.4, -0.2) is 12.8 Å². The van der Waals surface area contributed by atoms with Crippen molar-refractivity contribution in [2.45, 2.75) is 25.2 Å². The number of ether oxygens (including phenoxy) is 2. The van der Waals surface area contributed by atoms with Crippen molar-refractivity contribution >= 4 is 0 Å². The van der Waals surface area contributed by atoms with Crippen LogP contribution in [0.25, 0.3) is 0 Å². The Morgan fingerprint density at radius 3 is 2.43 bits per heavy atom. The van der Waals surface area contributed by atoms with Gasteiger partial charge < -0.3 is 15.2 Å². The van der Waals surface area contributed by atoms with Gasteiger partial charge in [-0.2, -0.15) is 0 Å². The quantitative estimate of drug-likeness (QED) is 0.792. The number of rotatable bonds is 3. The molecule has 1 unspecified atom stereocenters. The zero-order valence-corrected chi connectivity index (χ0v) is 8.27. The van der Waals surface area contributed by atoms with Gasteiger partial charge in [-0.1, -0.05) is 37.3 Å². The third-order valence-corrected chi connectivity index (χ3v) is 2.65. The molecule has 0 spiro atoms. The molecule has 2 rings (SSSR count). The van der Waals surface area contributed by atoms with E-state index in [4.69, 9.17) is 15.2 Å². The summed E-state index contributed by atoms with van der Waals surface area (Å²) in [6.45, 7) is 2.36. The van der Waals surface area contributed by atoms with Crippen molar-refractivity contribution in [3.05, 3.63) is 35.9 Å². The molecule has 3 heteroatoms. The summed E-state index contributed by atoms with van der Waals surface area (Å²) in [5.74, 6) is -0.698. The second-order valence-corrected chi connectivity index (χ2v) is 3.45. The minimum atomic E-state index is -0.698. The van der Waals surface area contributed by atoms with Gasteiger partial charge in [0.25, 0.3) is 0 Å². The first-order valence-corrected chi connectivity index (χ1v) is 4.88. The fourth-order valence-corrected chi connectivity index (χ4v) is 1.72. The van der Waals surface area contributed by atoms with Crippen LogP contribution >= 0.6 is 0 Å². The molecule has 1 fully saturated rings. The lowest BCUT2D eigenvalue weighted by Crippen LogP contribution is -2.56. The summed E-state index contributed by atoms with van der Waals surface area (Å²) in [5, 5.41) is 0. The lowest BCUT2D eigenvalue weighted by molar-refractivity contribution is -0.416.